The maximum atomic E-state index is 11.8. The number of hydrogen-bond acceptors (Lipinski definition) is 5. The van der Waals surface area contributed by atoms with Crippen molar-refractivity contribution in [3.05, 3.63) is 41.7 Å². The number of nitrogens with one attached hydrogen (secondary N) is 1. The predicted molar refractivity (Wildman–Crippen MR) is 104 cm³/mol. The van der Waals surface area contributed by atoms with Crippen molar-refractivity contribution < 1.29 is 14.1 Å². The topological polar surface area (TPSA) is 67.6 Å². The average Bonchev–Trinajstić information content (AvgIpc) is 3.31. The van der Waals surface area contributed by atoms with Crippen LogP contribution in [-0.2, 0) is 4.74 Å². The monoisotopic (exact) mass is 367 g/mol. The number of hydrogen-bond donors (Lipinski definition) is 1. The summed E-state index contributed by atoms with van der Waals surface area (Å²) in [4.78, 5) is 14.3. The summed E-state index contributed by atoms with van der Waals surface area (Å²) >= 11 is 0. The van der Waals surface area contributed by atoms with E-state index < -0.39 is 11.7 Å². The van der Waals surface area contributed by atoms with Crippen LogP contribution < -0.4 is 5.32 Å². The number of piperidine rings is 1. The fourth-order valence-corrected chi connectivity index (χ4v) is 3.65. The molecule has 2 saturated heterocycles. The Labute approximate surface area is 159 Å². The minimum atomic E-state index is -0.522. The smallest absolute Gasteiger partial charge is 0.412 e. The second kappa shape index (κ2) is 6.85. The fraction of sp³-hybridized carbons (Fsp3) is 0.429. The minimum absolute atomic E-state index is 0.466. The maximum absolute atomic E-state index is 11.8. The number of fused-ring (bicyclic) bond motifs is 2. The minimum Gasteiger partial charge on any atom is -0.444 e. The van der Waals surface area contributed by atoms with Gasteiger partial charge in [-0.1, -0.05) is 17.3 Å². The van der Waals surface area contributed by atoms with Gasteiger partial charge in [-0.05, 0) is 63.4 Å². The number of amides is 1. The van der Waals surface area contributed by atoms with Crippen molar-refractivity contribution in [3.8, 4) is 11.3 Å². The van der Waals surface area contributed by atoms with Crippen molar-refractivity contribution in [3.63, 3.8) is 0 Å². The van der Waals surface area contributed by atoms with Crippen LogP contribution in [0.5, 0.6) is 0 Å². The SMILES string of the molecule is CC(C)(C)OC(=O)Nc1ccc(-c2cc(/C=C3\CN4CCC3C4)on2)cc1. The molecule has 2 atom stereocenters. The standard InChI is InChI=1S/C21H25N3O3/c1-21(2,3)26-20(25)22-17-6-4-14(5-7-17)19-11-18(27-23-19)10-16-13-24-9-8-15(16)12-24/h4-7,10-11,15H,8-9,12-13H2,1-3H3,(H,22,25)/b16-10+. The Morgan fingerprint density at radius 3 is 2.74 bits per heavy atom. The molecule has 1 aromatic heterocycles. The number of nitrogens with zero attached hydrogens (tertiary/aromatic N) is 2. The number of benzene rings is 1. The van der Waals surface area contributed by atoms with E-state index in [9.17, 15) is 4.79 Å². The molecule has 2 aromatic rings. The summed E-state index contributed by atoms with van der Waals surface area (Å²) in [6.45, 7) is 8.95. The van der Waals surface area contributed by atoms with Crippen LogP contribution in [0.1, 0.15) is 33.0 Å². The van der Waals surface area contributed by atoms with Gasteiger partial charge in [-0.2, -0.15) is 0 Å². The fourth-order valence-electron chi connectivity index (χ4n) is 3.65. The number of anilines is 1. The Balaban J connectivity index is 1.42. The lowest BCUT2D eigenvalue weighted by Crippen LogP contribution is -2.27. The van der Waals surface area contributed by atoms with Gasteiger partial charge in [-0.25, -0.2) is 4.79 Å². The number of ether oxygens (including phenoxy) is 1. The van der Waals surface area contributed by atoms with Gasteiger partial charge >= 0.3 is 6.09 Å². The zero-order chi connectivity index (χ0) is 19.0. The zero-order valence-electron chi connectivity index (χ0n) is 16.0. The second-order valence-electron chi connectivity index (χ2n) is 8.26. The first kappa shape index (κ1) is 17.8. The van der Waals surface area contributed by atoms with Crippen molar-refractivity contribution in [1.29, 1.82) is 0 Å². The van der Waals surface area contributed by atoms with Gasteiger partial charge < -0.3 is 9.26 Å². The molecule has 1 amide bonds. The normalized spacial score (nSPS) is 23.0. The van der Waals surface area contributed by atoms with E-state index in [-0.39, 0.29) is 0 Å². The van der Waals surface area contributed by atoms with E-state index in [0.717, 1.165) is 23.6 Å². The third-order valence-electron chi connectivity index (χ3n) is 4.88. The van der Waals surface area contributed by atoms with Gasteiger partial charge in [-0.15, -0.1) is 0 Å². The predicted octanol–water partition coefficient (Wildman–Crippen LogP) is 4.41. The molecule has 0 radical (unpaired) electrons. The average molecular weight is 367 g/mol. The van der Waals surface area contributed by atoms with Crippen LogP contribution in [0.25, 0.3) is 17.3 Å². The summed E-state index contributed by atoms with van der Waals surface area (Å²) in [7, 11) is 0. The summed E-state index contributed by atoms with van der Waals surface area (Å²) in [5.74, 6) is 1.47. The summed E-state index contributed by atoms with van der Waals surface area (Å²) in [5.41, 5.74) is 3.32. The molecule has 0 spiro atoms. The first-order valence-corrected chi connectivity index (χ1v) is 9.36. The molecule has 2 bridgehead atoms. The van der Waals surface area contributed by atoms with Gasteiger partial charge in [-0.3, -0.25) is 10.2 Å². The van der Waals surface area contributed by atoms with Crippen LogP contribution in [0.15, 0.2) is 40.4 Å². The zero-order valence-corrected chi connectivity index (χ0v) is 16.0. The highest BCUT2D eigenvalue weighted by Gasteiger charge is 2.33. The van der Waals surface area contributed by atoms with Crippen LogP contribution in [0.3, 0.4) is 0 Å². The highest BCUT2D eigenvalue weighted by molar-refractivity contribution is 5.85. The van der Waals surface area contributed by atoms with Crippen molar-refractivity contribution in [2.24, 2.45) is 5.92 Å². The molecule has 0 aliphatic carbocycles. The maximum Gasteiger partial charge on any atom is 0.412 e. The summed E-state index contributed by atoms with van der Waals surface area (Å²) < 4.78 is 10.8. The van der Waals surface area contributed by atoms with Gasteiger partial charge in [0.15, 0.2) is 5.76 Å². The quantitative estimate of drug-likeness (QED) is 0.870. The number of carbonyl (C=O) groups excluding carboxylic acids is 1. The van der Waals surface area contributed by atoms with E-state index in [0.29, 0.717) is 11.6 Å². The largest absolute Gasteiger partial charge is 0.444 e. The van der Waals surface area contributed by atoms with Crippen LogP contribution in [0.4, 0.5) is 10.5 Å². The van der Waals surface area contributed by atoms with E-state index >= 15 is 0 Å². The number of aromatic nitrogens is 1. The van der Waals surface area contributed by atoms with Crippen LogP contribution in [0.2, 0.25) is 0 Å². The van der Waals surface area contributed by atoms with Gasteiger partial charge in [0, 0.05) is 30.4 Å². The van der Waals surface area contributed by atoms with Gasteiger partial charge in [0.25, 0.3) is 0 Å². The van der Waals surface area contributed by atoms with Crippen molar-refractivity contribution in [1.82, 2.24) is 10.1 Å². The second-order valence-corrected chi connectivity index (χ2v) is 8.26. The lowest BCUT2D eigenvalue weighted by Gasteiger charge is -2.19. The molecule has 3 heterocycles. The third-order valence-corrected chi connectivity index (χ3v) is 4.88. The van der Waals surface area contributed by atoms with E-state index in [1.807, 2.05) is 51.1 Å². The molecule has 1 N–H and O–H groups in total. The van der Waals surface area contributed by atoms with Gasteiger partial charge in [0.05, 0.1) is 0 Å². The summed E-state index contributed by atoms with van der Waals surface area (Å²) in [6, 6.07) is 9.44. The van der Waals surface area contributed by atoms with Crippen molar-refractivity contribution in [2.45, 2.75) is 32.8 Å². The Morgan fingerprint density at radius 2 is 2.11 bits per heavy atom. The van der Waals surface area contributed by atoms with Crippen LogP contribution in [0, 0.1) is 5.92 Å². The number of rotatable bonds is 3. The van der Waals surface area contributed by atoms with Crippen LogP contribution in [-0.4, -0.2) is 41.4 Å². The molecule has 6 heteroatoms. The first-order chi connectivity index (χ1) is 12.9. The Hall–Kier alpha value is -2.60. The molecular weight excluding hydrogens is 342 g/mol. The highest BCUT2D eigenvalue weighted by atomic mass is 16.6. The Bertz CT molecular complexity index is 862. The van der Waals surface area contributed by atoms with E-state index in [4.69, 9.17) is 9.26 Å². The Morgan fingerprint density at radius 1 is 1.33 bits per heavy atom. The molecule has 1 aromatic carbocycles. The van der Waals surface area contributed by atoms with Crippen molar-refractivity contribution in [2.75, 3.05) is 25.0 Å². The molecule has 27 heavy (non-hydrogen) atoms. The molecule has 2 aliphatic heterocycles. The molecule has 0 saturated carbocycles. The molecule has 2 unspecified atom stereocenters. The molecular formula is C21H25N3O3. The first-order valence-electron chi connectivity index (χ1n) is 9.36. The molecule has 2 fully saturated rings. The van der Waals surface area contributed by atoms with Gasteiger partial charge in [0.1, 0.15) is 11.3 Å². The Kier molecular flexibility index (Phi) is 4.52. The molecule has 4 rings (SSSR count). The van der Waals surface area contributed by atoms with Crippen molar-refractivity contribution >= 4 is 17.9 Å². The van der Waals surface area contributed by atoms with Crippen LogP contribution >= 0.6 is 0 Å². The van der Waals surface area contributed by atoms with E-state index in [1.54, 1.807) is 0 Å². The number of carbonyl (C=O) groups is 1. The molecule has 142 valence electrons. The molecule has 6 nitrogen and oxygen atoms in total. The third kappa shape index (κ3) is 4.22. The highest BCUT2D eigenvalue weighted by Crippen LogP contribution is 2.34. The van der Waals surface area contributed by atoms with Gasteiger partial charge in [0.2, 0.25) is 0 Å². The lowest BCUT2D eigenvalue weighted by molar-refractivity contribution is 0.0636. The summed E-state index contributed by atoms with van der Waals surface area (Å²) in [6.07, 6.45) is 2.92. The molecule has 2 aliphatic rings. The van der Waals surface area contributed by atoms with E-state index in [2.05, 4.69) is 21.4 Å². The van der Waals surface area contributed by atoms with E-state index in [1.165, 1.54) is 25.1 Å². The lowest BCUT2D eigenvalue weighted by atomic mass is 9.98. The summed E-state index contributed by atoms with van der Waals surface area (Å²) in [5, 5.41) is 6.91.